The van der Waals surface area contributed by atoms with Gasteiger partial charge in [0.05, 0.1) is 0 Å². The predicted octanol–water partition coefficient (Wildman–Crippen LogP) is 1.69. The van der Waals surface area contributed by atoms with Crippen molar-refractivity contribution in [1.29, 1.82) is 0 Å². The standard InChI is InChI=1S/C13H24N2O2/c1-3-9-14-13(17)8-10-15(11(2)16)12-6-4-5-7-12/h12H,3-10H2,1-2H3,(H,14,17). The van der Waals surface area contributed by atoms with Crippen LogP contribution < -0.4 is 5.32 Å². The molecular weight excluding hydrogens is 216 g/mol. The Labute approximate surface area is 104 Å². The minimum atomic E-state index is 0.0519. The molecule has 0 aromatic carbocycles. The molecule has 0 spiro atoms. The van der Waals surface area contributed by atoms with Gasteiger partial charge >= 0.3 is 0 Å². The first-order valence-corrected chi connectivity index (χ1v) is 6.69. The molecule has 4 heteroatoms. The average Bonchev–Trinajstić information content (AvgIpc) is 2.79. The Bertz CT molecular complexity index is 260. The molecule has 1 aliphatic rings. The number of nitrogens with zero attached hydrogens (tertiary/aromatic N) is 1. The van der Waals surface area contributed by atoms with Crippen LogP contribution in [0.5, 0.6) is 0 Å². The zero-order valence-electron chi connectivity index (χ0n) is 11.0. The lowest BCUT2D eigenvalue weighted by Crippen LogP contribution is -2.40. The Balaban J connectivity index is 2.34. The summed E-state index contributed by atoms with van der Waals surface area (Å²) in [5.74, 6) is 0.149. The van der Waals surface area contributed by atoms with Crippen molar-refractivity contribution in [3.63, 3.8) is 0 Å². The Hall–Kier alpha value is -1.06. The van der Waals surface area contributed by atoms with Crippen LogP contribution >= 0.6 is 0 Å². The van der Waals surface area contributed by atoms with Crippen LogP contribution in [0.15, 0.2) is 0 Å². The number of nitrogens with one attached hydrogen (secondary N) is 1. The van der Waals surface area contributed by atoms with E-state index >= 15 is 0 Å². The second-order valence-electron chi connectivity index (χ2n) is 4.75. The molecule has 0 aliphatic heterocycles. The summed E-state index contributed by atoms with van der Waals surface area (Å²) in [5, 5.41) is 2.84. The van der Waals surface area contributed by atoms with Gasteiger partial charge < -0.3 is 10.2 Å². The smallest absolute Gasteiger partial charge is 0.221 e. The van der Waals surface area contributed by atoms with E-state index in [1.807, 2.05) is 11.8 Å². The van der Waals surface area contributed by atoms with Crippen molar-refractivity contribution in [1.82, 2.24) is 10.2 Å². The minimum Gasteiger partial charge on any atom is -0.356 e. The summed E-state index contributed by atoms with van der Waals surface area (Å²) in [5.41, 5.74) is 0. The monoisotopic (exact) mass is 240 g/mol. The molecule has 2 amide bonds. The highest BCUT2D eigenvalue weighted by molar-refractivity contribution is 5.78. The van der Waals surface area contributed by atoms with Crippen LogP contribution in [0.2, 0.25) is 0 Å². The molecule has 0 heterocycles. The van der Waals surface area contributed by atoms with Crippen LogP contribution in [0.25, 0.3) is 0 Å². The third-order valence-electron chi connectivity index (χ3n) is 3.32. The molecule has 1 aliphatic carbocycles. The van der Waals surface area contributed by atoms with Gasteiger partial charge in [-0.25, -0.2) is 0 Å². The Kier molecular flexibility index (Phi) is 6.01. The van der Waals surface area contributed by atoms with Crippen molar-refractivity contribution >= 4 is 11.8 Å². The van der Waals surface area contributed by atoms with E-state index in [9.17, 15) is 9.59 Å². The van der Waals surface area contributed by atoms with Crippen molar-refractivity contribution in [2.24, 2.45) is 0 Å². The molecular formula is C13H24N2O2. The van der Waals surface area contributed by atoms with Crippen molar-refractivity contribution < 1.29 is 9.59 Å². The van der Waals surface area contributed by atoms with E-state index in [2.05, 4.69) is 5.32 Å². The van der Waals surface area contributed by atoms with E-state index in [0.717, 1.165) is 25.8 Å². The lowest BCUT2D eigenvalue weighted by Gasteiger charge is -2.27. The molecule has 17 heavy (non-hydrogen) atoms. The van der Waals surface area contributed by atoms with E-state index < -0.39 is 0 Å². The fourth-order valence-corrected chi connectivity index (χ4v) is 2.39. The number of rotatable bonds is 6. The zero-order chi connectivity index (χ0) is 12.7. The number of hydrogen-bond donors (Lipinski definition) is 1. The molecule has 0 atom stereocenters. The van der Waals surface area contributed by atoms with E-state index in [1.165, 1.54) is 12.8 Å². The van der Waals surface area contributed by atoms with Gasteiger partial charge in [0, 0.05) is 32.5 Å². The van der Waals surface area contributed by atoms with E-state index in [-0.39, 0.29) is 11.8 Å². The van der Waals surface area contributed by atoms with Gasteiger partial charge in [-0.05, 0) is 19.3 Å². The minimum absolute atomic E-state index is 0.0519. The zero-order valence-corrected chi connectivity index (χ0v) is 11.0. The first kappa shape index (κ1) is 14.0. The largest absolute Gasteiger partial charge is 0.356 e. The quantitative estimate of drug-likeness (QED) is 0.768. The molecule has 4 nitrogen and oxygen atoms in total. The highest BCUT2D eigenvalue weighted by Crippen LogP contribution is 2.23. The fourth-order valence-electron chi connectivity index (χ4n) is 2.39. The molecule has 1 rings (SSSR count). The SMILES string of the molecule is CCCNC(=O)CCN(C(C)=O)C1CCCC1. The van der Waals surface area contributed by atoms with Crippen LogP contribution in [0, 0.1) is 0 Å². The second-order valence-corrected chi connectivity index (χ2v) is 4.75. The van der Waals surface area contributed by atoms with E-state index in [0.29, 0.717) is 19.0 Å². The molecule has 1 saturated carbocycles. The Morgan fingerprint density at radius 3 is 2.47 bits per heavy atom. The fraction of sp³-hybridized carbons (Fsp3) is 0.846. The van der Waals surface area contributed by atoms with Crippen molar-refractivity contribution in [3.8, 4) is 0 Å². The molecule has 0 unspecified atom stereocenters. The first-order valence-electron chi connectivity index (χ1n) is 6.69. The van der Waals surface area contributed by atoms with Crippen LogP contribution in [-0.4, -0.2) is 35.8 Å². The molecule has 0 saturated heterocycles. The molecule has 1 fully saturated rings. The molecule has 0 aromatic rings. The lowest BCUT2D eigenvalue weighted by atomic mass is 10.2. The van der Waals surface area contributed by atoms with Gasteiger partial charge in [0.25, 0.3) is 0 Å². The van der Waals surface area contributed by atoms with Gasteiger partial charge in [-0.3, -0.25) is 9.59 Å². The van der Waals surface area contributed by atoms with Crippen molar-refractivity contribution in [3.05, 3.63) is 0 Å². The molecule has 1 N–H and O–H groups in total. The summed E-state index contributed by atoms with van der Waals surface area (Å²) in [6.45, 7) is 4.92. The molecule has 98 valence electrons. The Morgan fingerprint density at radius 2 is 1.94 bits per heavy atom. The van der Waals surface area contributed by atoms with E-state index in [4.69, 9.17) is 0 Å². The van der Waals surface area contributed by atoms with Crippen LogP contribution in [-0.2, 0) is 9.59 Å². The van der Waals surface area contributed by atoms with Gasteiger partial charge in [-0.15, -0.1) is 0 Å². The van der Waals surface area contributed by atoms with Crippen molar-refractivity contribution in [2.75, 3.05) is 13.1 Å². The van der Waals surface area contributed by atoms with Gasteiger partial charge in [0.15, 0.2) is 0 Å². The predicted molar refractivity (Wildman–Crippen MR) is 67.6 cm³/mol. The maximum atomic E-state index is 11.6. The van der Waals surface area contributed by atoms with Crippen LogP contribution in [0.3, 0.4) is 0 Å². The summed E-state index contributed by atoms with van der Waals surface area (Å²) in [6, 6.07) is 0.367. The first-order chi connectivity index (χ1) is 8.15. The van der Waals surface area contributed by atoms with Gasteiger partial charge in [-0.2, -0.15) is 0 Å². The van der Waals surface area contributed by atoms with Crippen LogP contribution in [0.4, 0.5) is 0 Å². The summed E-state index contributed by atoms with van der Waals surface area (Å²) in [7, 11) is 0. The number of carbonyl (C=O) groups is 2. The second kappa shape index (κ2) is 7.30. The van der Waals surface area contributed by atoms with Crippen molar-refractivity contribution in [2.45, 2.75) is 58.4 Å². The average molecular weight is 240 g/mol. The molecule has 0 aromatic heterocycles. The number of carbonyl (C=O) groups excluding carboxylic acids is 2. The summed E-state index contributed by atoms with van der Waals surface area (Å²) in [6.07, 6.45) is 5.97. The summed E-state index contributed by atoms with van der Waals surface area (Å²) in [4.78, 5) is 24.9. The number of amides is 2. The molecule has 0 bridgehead atoms. The normalized spacial score (nSPS) is 15.9. The summed E-state index contributed by atoms with van der Waals surface area (Å²) >= 11 is 0. The van der Waals surface area contributed by atoms with Crippen LogP contribution in [0.1, 0.15) is 52.4 Å². The summed E-state index contributed by atoms with van der Waals surface area (Å²) < 4.78 is 0. The third kappa shape index (κ3) is 4.75. The Morgan fingerprint density at radius 1 is 1.29 bits per heavy atom. The molecule has 0 radical (unpaired) electrons. The van der Waals surface area contributed by atoms with Gasteiger partial charge in [0.2, 0.25) is 11.8 Å². The number of hydrogen-bond acceptors (Lipinski definition) is 2. The lowest BCUT2D eigenvalue weighted by molar-refractivity contribution is -0.131. The third-order valence-corrected chi connectivity index (χ3v) is 3.32. The maximum Gasteiger partial charge on any atom is 0.221 e. The maximum absolute atomic E-state index is 11.6. The highest BCUT2D eigenvalue weighted by Gasteiger charge is 2.24. The van der Waals surface area contributed by atoms with Gasteiger partial charge in [-0.1, -0.05) is 19.8 Å². The topological polar surface area (TPSA) is 49.4 Å². The van der Waals surface area contributed by atoms with Gasteiger partial charge in [0.1, 0.15) is 0 Å². The highest BCUT2D eigenvalue weighted by atomic mass is 16.2. The van der Waals surface area contributed by atoms with E-state index in [1.54, 1.807) is 6.92 Å².